The first-order chi connectivity index (χ1) is 6.70. The predicted octanol–water partition coefficient (Wildman–Crippen LogP) is 0.585. The van der Waals surface area contributed by atoms with Crippen LogP contribution in [0.25, 0.3) is 0 Å². The lowest BCUT2D eigenvalue weighted by Gasteiger charge is -2.32. The van der Waals surface area contributed by atoms with Crippen LogP contribution >= 0.6 is 0 Å². The van der Waals surface area contributed by atoms with Gasteiger partial charge in [-0.25, -0.2) is 0 Å². The Balaban J connectivity index is 1.83. The summed E-state index contributed by atoms with van der Waals surface area (Å²) in [6.07, 6.45) is 5.63. The molecule has 1 aliphatic carbocycles. The summed E-state index contributed by atoms with van der Waals surface area (Å²) in [7, 11) is 2.15. The van der Waals surface area contributed by atoms with Gasteiger partial charge >= 0.3 is 0 Å². The average Bonchev–Trinajstić information content (AvgIpc) is 2.74. The molecule has 0 radical (unpaired) electrons. The Kier molecular flexibility index (Phi) is 3.10. The van der Waals surface area contributed by atoms with E-state index in [1.54, 1.807) is 0 Å². The molecule has 1 aliphatic heterocycles. The van der Waals surface area contributed by atoms with Crippen molar-refractivity contribution < 1.29 is 5.11 Å². The Labute approximate surface area is 86.5 Å². The van der Waals surface area contributed by atoms with Gasteiger partial charge in [0.15, 0.2) is 0 Å². The number of likely N-dealkylation sites (N-methyl/N-ethyl adjacent to an activating group) is 1. The van der Waals surface area contributed by atoms with Gasteiger partial charge in [0.25, 0.3) is 0 Å². The van der Waals surface area contributed by atoms with Gasteiger partial charge in [-0.1, -0.05) is 12.8 Å². The highest BCUT2D eigenvalue weighted by molar-refractivity contribution is 4.89. The number of aliphatic hydroxyl groups is 1. The van der Waals surface area contributed by atoms with Gasteiger partial charge in [0.1, 0.15) is 0 Å². The highest BCUT2D eigenvalue weighted by atomic mass is 16.3. The van der Waals surface area contributed by atoms with Crippen LogP contribution in [0, 0.1) is 0 Å². The van der Waals surface area contributed by atoms with Gasteiger partial charge < -0.3 is 10.4 Å². The van der Waals surface area contributed by atoms with E-state index in [2.05, 4.69) is 17.3 Å². The summed E-state index contributed by atoms with van der Waals surface area (Å²) >= 11 is 0. The quantitative estimate of drug-likeness (QED) is 0.696. The van der Waals surface area contributed by atoms with Gasteiger partial charge in [-0.15, -0.1) is 0 Å². The molecule has 0 amide bonds. The fourth-order valence-electron chi connectivity index (χ4n) is 2.80. The van der Waals surface area contributed by atoms with Gasteiger partial charge in [-0.05, 0) is 32.9 Å². The molecule has 0 bridgehead atoms. The second-order valence-electron chi connectivity index (χ2n) is 4.99. The first-order valence-corrected chi connectivity index (χ1v) is 5.83. The van der Waals surface area contributed by atoms with E-state index in [1.807, 2.05) is 0 Å². The molecule has 1 heterocycles. The Bertz CT molecular complexity index is 184. The molecule has 2 fully saturated rings. The molecule has 14 heavy (non-hydrogen) atoms. The largest absolute Gasteiger partial charge is 0.389 e. The Morgan fingerprint density at radius 3 is 2.71 bits per heavy atom. The zero-order valence-electron chi connectivity index (χ0n) is 9.13. The van der Waals surface area contributed by atoms with E-state index in [0.717, 1.165) is 32.5 Å². The number of hydrogen-bond donors (Lipinski definition) is 2. The number of hydrogen-bond acceptors (Lipinski definition) is 3. The lowest BCUT2D eigenvalue weighted by atomic mass is 10.0. The Morgan fingerprint density at radius 2 is 2.14 bits per heavy atom. The van der Waals surface area contributed by atoms with E-state index >= 15 is 0 Å². The molecule has 3 nitrogen and oxygen atoms in total. The molecule has 3 heteroatoms. The molecule has 0 aromatic carbocycles. The summed E-state index contributed by atoms with van der Waals surface area (Å²) in [4.78, 5) is 2.34. The van der Waals surface area contributed by atoms with Crippen LogP contribution in [0.2, 0.25) is 0 Å². The third-order valence-corrected chi connectivity index (χ3v) is 3.74. The fourth-order valence-corrected chi connectivity index (χ4v) is 2.80. The zero-order chi connectivity index (χ0) is 10.0. The zero-order valence-corrected chi connectivity index (χ0v) is 9.13. The van der Waals surface area contributed by atoms with Crippen molar-refractivity contribution >= 4 is 0 Å². The highest BCUT2D eigenvalue weighted by Crippen LogP contribution is 2.30. The lowest BCUT2D eigenvalue weighted by molar-refractivity contribution is 0.00740. The van der Waals surface area contributed by atoms with E-state index in [4.69, 9.17) is 0 Å². The molecule has 0 spiro atoms. The molecule has 1 saturated heterocycles. The van der Waals surface area contributed by atoms with Crippen molar-refractivity contribution in [1.29, 1.82) is 0 Å². The minimum absolute atomic E-state index is 0.378. The molecule has 2 aliphatic rings. The van der Waals surface area contributed by atoms with Crippen LogP contribution in [0.5, 0.6) is 0 Å². The van der Waals surface area contributed by atoms with Gasteiger partial charge in [0.05, 0.1) is 5.60 Å². The summed E-state index contributed by atoms with van der Waals surface area (Å²) in [5.74, 6) is 0. The summed E-state index contributed by atoms with van der Waals surface area (Å²) in [6.45, 7) is 3.08. The summed E-state index contributed by atoms with van der Waals surface area (Å²) < 4.78 is 0. The Morgan fingerprint density at radius 1 is 1.43 bits per heavy atom. The summed E-state index contributed by atoms with van der Waals surface area (Å²) in [5.41, 5.74) is -0.378. The van der Waals surface area contributed by atoms with E-state index in [9.17, 15) is 5.11 Å². The molecule has 0 aromatic rings. The third kappa shape index (κ3) is 2.27. The highest BCUT2D eigenvalue weighted by Gasteiger charge is 2.34. The maximum atomic E-state index is 10.3. The van der Waals surface area contributed by atoms with Crippen LogP contribution in [-0.2, 0) is 0 Å². The fraction of sp³-hybridized carbons (Fsp3) is 1.00. The minimum atomic E-state index is -0.378. The van der Waals surface area contributed by atoms with Crippen LogP contribution in [0.4, 0.5) is 0 Å². The molecular weight excluding hydrogens is 176 g/mol. The molecule has 0 aromatic heterocycles. The molecule has 2 N–H and O–H groups in total. The minimum Gasteiger partial charge on any atom is -0.389 e. The molecule has 1 unspecified atom stereocenters. The van der Waals surface area contributed by atoms with Crippen LogP contribution in [0.15, 0.2) is 0 Å². The average molecular weight is 198 g/mol. The van der Waals surface area contributed by atoms with Crippen molar-refractivity contribution in [2.45, 2.75) is 43.7 Å². The van der Waals surface area contributed by atoms with Crippen molar-refractivity contribution in [3.8, 4) is 0 Å². The van der Waals surface area contributed by atoms with Crippen LogP contribution in [0.1, 0.15) is 32.1 Å². The molecular formula is C11H22N2O. The van der Waals surface area contributed by atoms with Crippen LogP contribution < -0.4 is 5.32 Å². The van der Waals surface area contributed by atoms with E-state index in [0.29, 0.717) is 6.04 Å². The van der Waals surface area contributed by atoms with Crippen LogP contribution in [0.3, 0.4) is 0 Å². The summed E-state index contributed by atoms with van der Waals surface area (Å²) in [6, 6.07) is 0.639. The first-order valence-electron chi connectivity index (χ1n) is 5.83. The van der Waals surface area contributed by atoms with Crippen molar-refractivity contribution in [2.24, 2.45) is 0 Å². The van der Waals surface area contributed by atoms with E-state index < -0.39 is 0 Å². The SMILES string of the molecule is CN(CC1(O)CCCC1)C1CCNC1. The normalized spacial score (nSPS) is 31.5. The molecule has 1 atom stereocenters. The standard InChI is InChI=1S/C11H22N2O/c1-13(10-4-7-12-8-10)9-11(14)5-2-3-6-11/h10,12,14H,2-9H2,1H3. The smallest absolute Gasteiger partial charge is 0.0774 e. The lowest BCUT2D eigenvalue weighted by Crippen LogP contribution is -2.44. The second kappa shape index (κ2) is 4.17. The number of nitrogens with one attached hydrogen (secondary N) is 1. The third-order valence-electron chi connectivity index (χ3n) is 3.74. The van der Waals surface area contributed by atoms with Gasteiger partial charge in [-0.2, -0.15) is 0 Å². The number of nitrogens with zero attached hydrogens (tertiary/aromatic N) is 1. The van der Waals surface area contributed by atoms with E-state index in [1.165, 1.54) is 19.3 Å². The molecule has 1 saturated carbocycles. The summed E-state index contributed by atoms with van der Waals surface area (Å²) in [5, 5.41) is 13.6. The van der Waals surface area contributed by atoms with Crippen molar-refractivity contribution in [2.75, 3.05) is 26.7 Å². The van der Waals surface area contributed by atoms with Gasteiger partial charge in [-0.3, -0.25) is 4.90 Å². The van der Waals surface area contributed by atoms with Crippen LogP contribution in [-0.4, -0.2) is 48.3 Å². The maximum absolute atomic E-state index is 10.3. The van der Waals surface area contributed by atoms with Gasteiger partial charge in [0, 0.05) is 19.1 Å². The second-order valence-corrected chi connectivity index (χ2v) is 4.99. The van der Waals surface area contributed by atoms with Gasteiger partial charge in [0.2, 0.25) is 0 Å². The first kappa shape index (κ1) is 10.4. The predicted molar refractivity (Wildman–Crippen MR) is 57.3 cm³/mol. The topological polar surface area (TPSA) is 35.5 Å². The monoisotopic (exact) mass is 198 g/mol. The van der Waals surface area contributed by atoms with Crippen molar-refractivity contribution in [3.05, 3.63) is 0 Å². The Hall–Kier alpha value is -0.120. The number of rotatable bonds is 3. The van der Waals surface area contributed by atoms with Crippen molar-refractivity contribution in [3.63, 3.8) is 0 Å². The maximum Gasteiger partial charge on any atom is 0.0774 e. The molecule has 2 rings (SSSR count). The van der Waals surface area contributed by atoms with E-state index in [-0.39, 0.29) is 5.60 Å². The molecule has 82 valence electrons. The van der Waals surface area contributed by atoms with Crippen molar-refractivity contribution in [1.82, 2.24) is 10.2 Å².